The molecule has 1 fully saturated rings. The molecule has 128 valence electrons. The molecular formula is C15H20F2N2O4. The summed E-state index contributed by atoms with van der Waals surface area (Å²) in [6, 6.07) is 4.00. The van der Waals surface area contributed by atoms with Crippen LogP contribution in [0.5, 0.6) is 5.75 Å². The molecule has 0 bridgehead atoms. The fraction of sp³-hybridized carbons (Fsp3) is 0.600. The van der Waals surface area contributed by atoms with Crippen LogP contribution in [0.3, 0.4) is 0 Å². The fourth-order valence-electron chi connectivity index (χ4n) is 3.01. The summed E-state index contributed by atoms with van der Waals surface area (Å²) in [7, 11) is 0. The predicted molar refractivity (Wildman–Crippen MR) is 81.2 cm³/mol. The van der Waals surface area contributed by atoms with Crippen molar-refractivity contribution in [3.63, 3.8) is 0 Å². The molecule has 1 aliphatic rings. The van der Waals surface area contributed by atoms with E-state index in [0.29, 0.717) is 18.8 Å². The van der Waals surface area contributed by atoms with E-state index in [0.717, 1.165) is 0 Å². The zero-order valence-corrected chi connectivity index (χ0v) is 13.5. The first-order chi connectivity index (χ1) is 10.5. The van der Waals surface area contributed by atoms with Crippen LogP contribution in [0.1, 0.15) is 27.7 Å². The Bertz CT molecular complexity index is 589. The highest BCUT2D eigenvalue weighted by Gasteiger charge is 2.38. The average Bonchev–Trinajstić information content (AvgIpc) is 2.33. The third kappa shape index (κ3) is 4.28. The number of nitrogens with zero attached hydrogens (tertiary/aromatic N) is 2. The molecule has 1 saturated heterocycles. The SMILES string of the molecule is CC1(C)CN(c2ccc([N+](=O)[O-])c(OC(F)F)c2)CC(C)(C)O1. The van der Waals surface area contributed by atoms with Gasteiger partial charge >= 0.3 is 12.3 Å². The maximum Gasteiger partial charge on any atom is 0.387 e. The van der Waals surface area contributed by atoms with Crippen molar-refractivity contribution in [2.75, 3.05) is 18.0 Å². The largest absolute Gasteiger partial charge is 0.427 e. The molecule has 0 aromatic heterocycles. The molecule has 23 heavy (non-hydrogen) atoms. The maximum atomic E-state index is 12.5. The van der Waals surface area contributed by atoms with Gasteiger partial charge in [-0.25, -0.2) is 0 Å². The van der Waals surface area contributed by atoms with Crippen LogP contribution in [0, 0.1) is 10.1 Å². The number of hydrogen-bond donors (Lipinski definition) is 0. The maximum absolute atomic E-state index is 12.5. The van der Waals surface area contributed by atoms with Crippen LogP contribution in [-0.2, 0) is 4.74 Å². The number of hydrogen-bond acceptors (Lipinski definition) is 5. The first-order valence-electron chi connectivity index (χ1n) is 7.17. The van der Waals surface area contributed by atoms with Gasteiger partial charge in [-0.1, -0.05) is 0 Å². The van der Waals surface area contributed by atoms with Gasteiger partial charge < -0.3 is 14.4 Å². The summed E-state index contributed by atoms with van der Waals surface area (Å²) in [4.78, 5) is 12.2. The van der Waals surface area contributed by atoms with Crippen LogP contribution in [0.4, 0.5) is 20.2 Å². The summed E-state index contributed by atoms with van der Waals surface area (Å²) in [6.07, 6.45) is 0. The topological polar surface area (TPSA) is 64.8 Å². The van der Waals surface area contributed by atoms with Crippen LogP contribution >= 0.6 is 0 Å². The number of rotatable bonds is 4. The molecule has 1 aliphatic heterocycles. The quantitative estimate of drug-likeness (QED) is 0.623. The Morgan fingerprint density at radius 3 is 2.30 bits per heavy atom. The van der Waals surface area contributed by atoms with Gasteiger partial charge in [0.2, 0.25) is 5.75 Å². The van der Waals surface area contributed by atoms with Gasteiger partial charge in [-0.15, -0.1) is 0 Å². The fourth-order valence-corrected chi connectivity index (χ4v) is 3.01. The van der Waals surface area contributed by atoms with Crippen LogP contribution in [-0.4, -0.2) is 35.8 Å². The summed E-state index contributed by atoms with van der Waals surface area (Å²) in [5.41, 5.74) is -0.780. The van der Waals surface area contributed by atoms with Crippen LogP contribution in [0.25, 0.3) is 0 Å². The van der Waals surface area contributed by atoms with Gasteiger partial charge in [-0.05, 0) is 33.8 Å². The van der Waals surface area contributed by atoms with Crippen molar-refractivity contribution >= 4 is 11.4 Å². The van der Waals surface area contributed by atoms with Gasteiger partial charge in [0.15, 0.2) is 0 Å². The van der Waals surface area contributed by atoms with E-state index >= 15 is 0 Å². The lowest BCUT2D eigenvalue weighted by Gasteiger charge is -2.48. The molecule has 0 aliphatic carbocycles. The van der Waals surface area contributed by atoms with E-state index in [2.05, 4.69) is 4.74 Å². The number of nitro benzene ring substituents is 1. The lowest BCUT2D eigenvalue weighted by Crippen LogP contribution is -2.57. The summed E-state index contributed by atoms with van der Waals surface area (Å²) in [6.45, 7) is 5.67. The second-order valence-corrected chi connectivity index (χ2v) is 6.77. The molecule has 1 heterocycles. The zero-order chi connectivity index (χ0) is 17.4. The number of alkyl halides is 2. The summed E-state index contributed by atoms with van der Waals surface area (Å²) in [5, 5.41) is 10.9. The van der Waals surface area contributed by atoms with Crippen LogP contribution < -0.4 is 9.64 Å². The van der Waals surface area contributed by atoms with E-state index in [1.54, 1.807) is 0 Å². The first-order valence-corrected chi connectivity index (χ1v) is 7.17. The van der Waals surface area contributed by atoms with Crippen LogP contribution in [0.2, 0.25) is 0 Å². The molecule has 0 radical (unpaired) electrons. The van der Waals surface area contributed by atoms with E-state index in [9.17, 15) is 18.9 Å². The summed E-state index contributed by atoms with van der Waals surface area (Å²) < 4.78 is 35.3. The van der Waals surface area contributed by atoms with E-state index in [-0.39, 0.29) is 0 Å². The number of anilines is 1. The van der Waals surface area contributed by atoms with E-state index < -0.39 is 34.2 Å². The number of nitro groups is 1. The van der Waals surface area contributed by atoms with Crippen LogP contribution in [0.15, 0.2) is 18.2 Å². The molecule has 0 spiro atoms. The van der Waals surface area contributed by atoms with E-state index in [1.165, 1.54) is 18.2 Å². The smallest absolute Gasteiger partial charge is 0.387 e. The molecule has 0 atom stereocenters. The number of benzene rings is 1. The molecule has 8 heteroatoms. The average molecular weight is 330 g/mol. The minimum absolute atomic E-state index is 0.437. The molecule has 2 rings (SSSR count). The predicted octanol–water partition coefficient (Wildman–Crippen LogP) is 3.59. The van der Waals surface area contributed by atoms with Crippen molar-refractivity contribution in [3.05, 3.63) is 28.3 Å². The van der Waals surface area contributed by atoms with Crippen molar-refractivity contribution in [3.8, 4) is 5.75 Å². The molecule has 0 saturated carbocycles. The highest BCUT2D eigenvalue weighted by atomic mass is 19.3. The Morgan fingerprint density at radius 1 is 1.26 bits per heavy atom. The zero-order valence-electron chi connectivity index (χ0n) is 13.5. The second-order valence-electron chi connectivity index (χ2n) is 6.77. The number of halogens is 2. The Morgan fingerprint density at radius 2 is 1.83 bits per heavy atom. The Labute approximate surface area is 133 Å². The second kappa shape index (κ2) is 5.92. The van der Waals surface area contributed by atoms with Gasteiger partial charge in [0.05, 0.1) is 16.1 Å². The minimum Gasteiger partial charge on any atom is -0.427 e. The van der Waals surface area contributed by atoms with Gasteiger partial charge in [0.25, 0.3) is 0 Å². The highest BCUT2D eigenvalue weighted by Crippen LogP contribution is 2.36. The standard InChI is InChI=1S/C15H20F2N2O4/c1-14(2)8-18(9-15(3,4)23-14)10-5-6-11(19(20)21)12(7-10)22-13(16)17/h5-7,13H,8-9H2,1-4H3. The third-order valence-electron chi connectivity index (χ3n) is 3.42. The lowest BCUT2D eigenvalue weighted by molar-refractivity contribution is -0.386. The van der Waals surface area contributed by atoms with Crippen molar-refractivity contribution in [2.24, 2.45) is 0 Å². The molecule has 0 amide bonds. The lowest BCUT2D eigenvalue weighted by atomic mass is 9.98. The molecule has 6 nitrogen and oxygen atoms in total. The van der Waals surface area contributed by atoms with Crippen molar-refractivity contribution in [1.82, 2.24) is 0 Å². The van der Waals surface area contributed by atoms with Crippen molar-refractivity contribution < 1.29 is 23.2 Å². The van der Waals surface area contributed by atoms with E-state index in [4.69, 9.17) is 4.74 Å². The van der Waals surface area contributed by atoms with Crippen molar-refractivity contribution in [1.29, 1.82) is 0 Å². The van der Waals surface area contributed by atoms with Gasteiger partial charge in [-0.3, -0.25) is 10.1 Å². The first kappa shape index (κ1) is 17.4. The van der Waals surface area contributed by atoms with E-state index in [1.807, 2.05) is 32.6 Å². The minimum atomic E-state index is -3.12. The summed E-state index contributed by atoms with van der Waals surface area (Å²) in [5.74, 6) is -0.440. The monoisotopic (exact) mass is 330 g/mol. The molecule has 0 unspecified atom stereocenters. The number of ether oxygens (including phenoxy) is 2. The molecule has 1 aromatic carbocycles. The number of morpholine rings is 1. The summed E-state index contributed by atoms with van der Waals surface area (Å²) >= 11 is 0. The van der Waals surface area contributed by atoms with Crippen molar-refractivity contribution in [2.45, 2.75) is 45.5 Å². The molecular weight excluding hydrogens is 310 g/mol. The molecule has 1 aromatic rings. The van der Waals surface area contributed by atoms with Gasteiger partial charge in [0.1, 0.15) is 0 Å². The van der Waals surface area contributed by atoms with Gasteiger partial charge in [-0.2, -0.15) is 8.78 Å². The molecule has 0 N–H and O–H groups in total. The third-order valence-corrected chi connectivity index (χ3v) is 3.42. The Hall–Kier alpha value is -1.96. The Balaban J connectivity index is 2.37. The van der Waals surface area contributed by atoms with Gasteiger partial charge in [0, 0.05) is 30.9 Å². The Kier molecular flexibility index (Phi) is 4.48. The highest BCUT2D eigenvalue weighted by molar-refractivity contribution is 5.60. The normalized spacial score (nSPS) is 19.7.